The van der Waals surface area contributed by atoms with Gasteiger partial charge in [0.05, 0.1) is 13.1 Å². The highest BCUT2D eigenvalue weighted by Crippen LogP contribution is 2.21. The SMILES string of the molecule is CC1CN(Cc2nccn2CC(F)(F)F)CCN1Cc1nccn1CC(F)(F)F. The van der Waals surface area contributed by atoms with Crippen LogP contribution < -0.4 is 0 Å². The molecule has 1 aliphatic heterocycles. The lowest BCUT2D eigenvalue weighted by Gasteiger charge is -2.39. The van der Waals surface area contributed by atoms with E-state index in [2.05, 4.69) is 9.97 Å². The van der Waals surface area contributed by atoms with Crippen LogP contribution in [0.25, 0.3) is 0 Å². The fourth-order valence-electron chi connectivity index (χ4n) is 3.49. The number of imidazole rings is 2. The van der Waals surface area contributed by atoms with Gasteiger partial charge in [0.15, 0.2) is 0 Å². The van der Waals surface area contributed by atoms with Crippen LogP contribution in [0.1, 0.15) is 18.6 Å². The minimum atomic E-state index is -4.32. The van der Waals surface area contributed by atoms with Crippen molar-refractivity contribution >= 4 is 0 Å². The smallest absolute Gasteiger partial charge is 0.325 e. The average molecular weight is 424 g/mol. The van der Waals surface area contributed by atoms with Crippen molar-refractivity contribution in [1.82, 2.24) is 28.9 Å². The van der Waals surface area contributed by atoms with E-state index < -0.39 is 25.4 Å². The van der Waals surface area contributed by atoms with Crippen molar-refractivity contribution in [3.8, 4) is 0 Å². The van der Waals surface area contributed by atoms with Crippen LogP contribution in [-0.4, -0.2) is 66.9 Å². The monoisotopic (exact) mass is 424 g/mol. The van der Waals surface area contributed by atoms with E-state index in [1.807, 2.05) is 16.7 Å². The topological polar surface area (TPSA) is 42.1 Å². The number of aromatic nitrogens is 4. The summed E-state index contributed by atoms with van der Waals surface area (Å²) in [5.41, 5.74) is 0. The van der Waals surface area contributed by atoms with Gasteiger partial charge in [-0.05, 0) is 6.92 Å². The second-order valence-electron chi connectivity index (χ2n) is 7.23. The van der Waals surface area contributed by atoms with Gasteiger partial charge in [0.2, 0.25) is 0 Å². The van der Waals surface area contributed by atoms with E-state index >= 15 is 0 Å². The maximum absolute atomic E-state index is 12.7. The molecule has 29 heavy (non-hydrogen) atoms. The van der Waals surface area contributed by atoms with Crippen LogP contribution in [0.4, 0.5) is 26.3 Å². The summed E-state index contributed by atoms with van der Waals surface area (Å²) in [6.07, 6.45) is -3.32. The van der Waals surface area contributed by atoms with Crippen molar-refractivity contribution in [2.45, 2.75) is 51.5 Å². The predicted molar refractivity (Wildman–Crippen MR) is 91.7 cm³/mol. The van der Waals surface area contributed by atoms with Crippen molar-refractivity contribution in [3.05, 3.63) is 36.4 Å². The molecule has 1 saturated heterocycles. The fourth-order valence-corrected chi connectivity index (χ4v) is 3.49. The van der Waals surface area contributed by atoms with Crippen LogP contribution >= 0.6 is 0 Å². The van der Waals surface area contributed by atoms with Gasteiger partial charge >= 0.3 is 12.4 Å². The first kappa shape index (κ1) is 21.6. The van der Waals surface area contributed by atoms with E-state index in [1.54, 1.807) is 0 Å². The second-order valence-corrected chi connectivity index (χ2v) is 7.23. The van der Waals surface area contributed by atoms with E-state index in [0.29, 0.717) is 31.3 Å². The van der Waals surface area contributed by atoms with E-state index in [1.165, 1.54) is 24.8 Å². The molecule has 1 aliphatic rings. The lowest BCUT2D eigenvalue weighted by molar-refractivity contribution is -0.142. The first-order valence-electron chi connectivity index (χ1n) is 9.10. The lowest BCUT2D eigenvalue weighted by Crippen LogP contribution is -2.51. The Kier molecular flexibility index (Phi) is 6.22. The Hall–Kier alpha value is -2.08. The Balaban J connectivity index is 1.57. The molecule has 0 spiro atoms. The summed E-state index contributed by atoms with van der Waals surface area (Å²) in [7, 11) is 0. The zero-order valence-corrected chi connectivity index (χ0v) is 15.8. The molecule has 162 valence electrons. The lowest BCUT2D eigenvalue weighted by atomic mass is 10.2. The van der Waals surface area contributed by atoms with E-state index in [9.17, 15) is 26.3 Å². The largest absolute Gasteiger partial charge is 0.406 e. The van der Waals surface area contributed by atoms with Gasteiger partial charge in [0.25, 0.3) is 0 Å². The molecule has 6 nitrogen and oxygen atoms in total. The van der Waals surface area contributed by atoms with Crippen LogP contribution in [0.15, 0.2) is 24.8 Å². The quantitative estimate of drug-likeness (QED) is 0.669. The summed E-state index contributed by atoms with van der Waals surface area (Å²) in [4.78, 5) is 12.1. The molecule has 0 aromatic carbocycles. The third-order valence-corrected chi connectivity index (χ3v) is 4.86. The molecule has 1 unspecified atom stereocenters. The molecule has 3 rings (SSSR count). The normalized spacial score (nSPS) is 19.8. The maximum Gasteiger partial charge on any atom is 0.406 e. The molecule has 0 bridgehead atoms. The third-order valence-electron chi connectivity index (χ3n) is 4.86. The Labute approximate surface area is 163 Å². The molecular weight excluding hydrogens is 402 g/mol. The number of halogens is 6. The third kappa shape index (κ3) is 6.20. The molecule has 0 saturated carbocycles. The number of piperazine rings is 1. The number of rotatable bonds is 6. The van der Waals surface area contributed by atoms with Gasteiger partial charge in [-0.25, -0.2) is 9.97 Å². The minimum absolute atomic E-state index is 0.00538. The molecule has 0 N–H and O–H groups in total. The highest BCUT2D eigenvalue weighted by Gasteiger charge is 2.31. The number of hydrogen-bond acceptors (Lipinski definition) is 4. The summed E-state index contributed by atoms with van der Waals surface area (Å²) < 4.78 is 78.2. The van der Waals surface area contributed by atoms with Gasteiger partial charge in [-0.2, -0.15) is 26.3 Å². The van der Waals surface area contributed by atoms with Crippen LogP contribution in [-0.2, 0) is 26.2 Å². The summed E-state index contributed by atoms with van der Waals surface area (Å²) in [6.45, 7) is 2.04. The standard InChI is InChI=1S/C17H22F6N6/c1-13-8-26(9-14-24-2-4-28(14)11-16(18,19)20)6-7-27(13)10-15-25-3-5-29(15)12-17(21,22)23/h2-5,13H,6-12H2,1H3. The molecular formula is C17H22F6N6. The first-order valence-corrected chi connectivity index (χ1v) is 9.10. The zero-order valence-electron chi connectivity index (χ0n) is 15.8. The highest BCUT2D eigenvalue weighted by molar-refractivity contribution is 4.97. The van der Waals surface area contributed by atoms with Crippen LogP contribution in [0.3, 0.4) is 0 Å². The van der Waals surface area contributed by atoms with Gasteiger partial charge in [0, 0.05) is 50.5 Å². The van der Waals surface area contributed by atoms with Crippen molar-refractivity contribution in [2.24, 2.45) is 0 Å². The molecule has 0 aliphatic carbocycles. The molecule has 3 heterocycles. The van der Waals surface area contributed by atoms with Gasteiger partial charge < -0.3 is 9.13 Å². The van der Waals surface area contributed by atoms with Crippen LogP contribution in [0.5, 0.6) is 0 Å². The van der Waals surface area contributed by atoms with Crippen molar-refractivity contribution in [3.63, 3.8) is 0 Å². The predicted octanol–water partition coefficient (Wildman–Crippen LogP) is 2.91. The summed E-state index contributed by atoms with van der Waals surface area (Å²) in [5.74, 6) is 0.673. The molecule has 12 heteroatoms. The first-order chi connectivity index (χ1) is 13.5. The molecule has 1 fully saturated rings. The number of alkyl halides is 6. The Bertz CT molecular complexity index is 795. The van der Waals surface area contributed by atoms with Gasteiger partial charge in [-0.3, -0.25) is 9.80 Å². The van der Waals surface area contributed by atoms with E-state index in [4.69, 9.17) is 0 Å². The van der Waals surface area contributed by atoms with Gasteiger partial charge in [-0.1, -0.05) is 0 Å². The van der Waals surface area contributed by atoms with Crippen molar-refractivity contribution < 1.29 is 26.3 Å². The Morgan fingerprint density at radius 2 is 1.38 bits per heavy atom. The van der Waals surface area contributed by atoms with Crippen molar-refractivity contribution in [2.75, 3.05) is 19.6 Å². The highest BCUT2D eigenvalue weighted by atomic mass is 19.4. The fraction of sp³-hybridized carbons (Fsp3) is 0.647. The second kappa shape index (κ2) is 8.34. The van der Waals surface area contributed by atoms with Crippen LogP contribution in [0.2, 0.25) is 0 Å². The van der Waals surface area contributed by atoms with Gasteiger partial charge in [-0.15, -0.1) is 0 Å². The average Bonchev–Trinajstić information content (AvgIpc) is 3.17. The minimum Gasteiger partial charge on any atom is -0.325 e. The van der Waals surface area contributed by atoms with Gasteiger partial charge in [0.1, 0.15) is 24.7 Å². The number of nitrogens with zero attached hydrogens (tertiary/aromatic N) is 6. The Morgan fingerprint density at radius 3 is 1.86 bits per heavy atom. The molecule has 0 radical (unpaired) electrons. The Morgan fingerprint density at radius 1 is 0.862 bits per heavy atom. The molecule has 1 atom stereocenters. The van der Waals surface area contributed by atoms with Crippen LogP contribution in [0, 0.1) is 0 Å². The summed E-state index contributed by atoms with van der Waals surface area (Å²) in [5, 5.41) is 0. The van der Waals surface area contributed by atoms with E-state index in [-0.39, 0.29) is 19.1 Å². The summed E-state index contributed by atoms with van der Waals surface area (Å²) in [6, 6.07) is 0.00538. The van der Waals surface area contributed by atoms with E-state index in [0.717, 1.165) is 9.13 Å². The van der Waals surface area contributed by atoms with Crippen molar-refractivity contribution in [1.29, 1.82) is 0 Å². The molecule has 2 aromatic heterocycles. The maximum atomic E-state index is 12.7. The zero-order chi connectivity index (χ0) is 21.2. The summed E-state index contributed by atoms with van der Waals surface area (Å²) >= 11 is 0. The molecule has 0 amide bonds. The molecule has 2 aromatic rings. The number of hydrogen-bond donors (Lipinski definition) is 0.